The van der Waals surface area contributed by atoms with Crippen molar-refractivity contribution >= 4 is 18.3 Å². The summed E-state index contributed by atoms with van der Waals surface area (Å²) in [5.74, 6) is -2.92. The Morgan fingerprint density at radius 3 is 2.05 bits per heavy atom. The van der Waals surface area contributed by atoms with E-state index in [0.29, 0.717) is 11.2 Å². The largest absolute Gasteiger partial charge is 0.496 e. The summed E-state index contributed by atoms with van der Waals surface area (Å²) in [6, 6.07) is 4.15. The minimum Gasteiger partial charge on any atom is -0.399 e. The van der Waals surface area contributed by atoms with Gasteiger partial charge in [0.2, 0.25) is 0 Å². The van der Waals surface area contributed by atoms with E-state index >= 15 is 0 Å². The van der Waals surface area contributed by atoms with Gasteiger partial charge in [-0.25, -0.2) is 8.78 Å². The van der Waals surface area contributed by atoms with Gasteiger partial charge in [0.15, 0.2) is 0 Å². The van der Waals surface area contributed by atoms with Crippen molar-refractivity contribution < 1.29 is 18.1 Å². The zero-order valence-corrected chi connectivity index (χ0v) is 12.5. The number of hydrogen-bond acceptors (Lipinski definition) is 3. The van der Waals surface area contributed by atoms with Crippen LogP contribution >= 0.6 is 0 Å². The first-order chi connectivity index (χ1) is 8.94. The highest BCUT2D eigenvalue weighted by atomic mass is 19.3. The van der Waals surface area contributed by atoms with Crippen molar-refractivity contribution in [2.45, 2.75) is 51.7 Å². The van der Waals surface area contributed by atoms with Crippen LogP contribution < -0.4 is 11.2 Å². The molecule has 0 saturated carbocycles. The Labute approximate surface area is 118 Å². The van der Waals surface area contributed by atoms with Gasteiger partial charge in [0.05, 0.1) is 11.2 Å². The van der Waals surface area contributed by atoms with E-state index in [1.54, 1.807) is 0 Å². The third kappa shape index (κ3) is 2.54. The van der Waals surface area contributed by atoms with Crippen molar-refractivity contribution in [3.63, 3.8) is 0 Å². The summed E-state index contributed by atoms with van der Waals surface area (Å²) in [5, 5.41) is 0. The molecule has 1 aromatic rings. The molecule has 0 unspecified atom stereocenters. The number of nitrogen functional groups attached to an aromatic ring is 1. The molecule has 1 heterocycles. The van der Waals surface area contributed by atoms with Gasteiger partial charge in [-0.05, 0) is 33.8 Å². The van der Waals surface area contributed by atoms with Crippen LogP contribution in [0.2, 0.25) is 0 Å². The number of nitrogens with two attached hydrogens (primary N) is 1. The number of rotatable bonds is 2. The van der Waals surface area contributed by atoms with Gasteiger partial charge in [-0.3, -0.25) is 0 Å². The van der Waals surface area contributed by atoms with Crippen LogP contribution in [-0.4, -0.2) is 18.3 Å². The molecule has 0 spiro atoms. The summed E-state index contributed by atoms with van der Waals surface area (Å²) < 4.78 is 38.6. The summed E-state index contributed by atoms with van der Waals surface area (Å²) in [6.07, 6.45) is 0. The van der Waals surface area contributed by atoms with Crippen LogP contribution in [0.15, 0.2) is 18.2 Å². The quantitative estimate of drug-likeness (QED) is 0.670. The van der Waals surface area contributed by atoms with Gasteiger partial charge in [-0.15, -0.1) is 0 Å². The van der Waals surface area contributed by atoms with Crippen LogP contribution in [0.3, 0.4) is 0 Å². The molecule has 1 fully saturated rings. The second-order valence-electron chi connectivity index (χ2n) is 6.32. The molecule has 110 valence electrons. The molecule has 6 heteroatoms. The van der Waals surface area contributed by atoms with E-state index in [-0.39, 0.29) is 5.56 Å². The molecule has 0 amide bonds. The Kier molecular flexibility index (Phi) is 3.38. The summed E-state index contributed by atoms with van der Waals surface area (Å²) in [7, 11) is -0.734. The van der Waals surface area contributed by atoms with E-state index in [1.165, 1.54) is 18.2 Å². The van der Waals surface area contributed by atoms with E-state index in [4.69, 9.17) is 15.0 Å². The molecular weight excluding hydrogens is 263 g/mol. The lowest BCUT2D eigenvalue weighted by molar-refractivity contribution is 0.00578. The molecule has 0 aromatic heterocycles. The lowest BCUT2D eigenvalue weighted by atomic mass is 9.76. The molecule has 1 saturated heterocycles. The van der Waals surface area contributed by atoms with Crippen molar-refractivity contribution in [2.75, 3.05) is 5.73 Å². The van der Waals surface area contributed by atoms with Crippen LogP contribution in [0.25, 0.3) is 0 Å². The summed E-state index contributed by atoms with van der Waals surface area (Å²) in [4.78, 5) is 0. The lowest BCUT2D eigenvalue weighted by Gasteiger charge is -2.32. The molecule has 0 aliphatic carbocycles. The minimum absolute atomic E-state index is 0.101. The fourth-order valence-electron chi connectivity index (χ4n) is 2.02. The highest BCUT2D eigenvalue weighted by Gasteiger charge is 2.52. The molecular formula is C14H20BF2NO2. The third-order valence-electron chi connectivity index (χ3n) is 4.10. The second-order valence-corrected chi connectivity index (χ2v) is 6.32. The zero-order valence-electron chi connectivity index (χ0n) is 12.5. The molecule has 0 bridgehead atoms. The fraction of sp³-hybridized carbons (Fsp3) is 0.571. The highest BCUT2D eigenvalue weighted by molar-refractivity contribution is 6.63. The molecule has 0 radical (unpaired) electrons. The molecule has 3 nitrogen and oxygen atoms in total. The van der Waals surface area contributed by atoms with Crippen molar-refractivity contribution in [1.82, 2.24) is 0 Å². The van der Waals surface area contributed by atoms with E-state index < -0.39 is 24.2 Å². The van der Waals surface area contributed by atoms with Gasteiger partial charge in [-0.1, -0.05) is 12.1 Å². The predicted molar refractivity (Wildman–Crippen MR) is 76.1 cm³/mol. The first kappa shape index (κ1) is 15.3. The van der Waals surface area contributed by atoms with Crippen LogP contribution in [0.5, 0.6) is 0 Å². The zero-order chi connectivity index (χ0) is 15.3. The molecule has 0 atom stereocenters. The Morgan fingerprint density at radius 1 is 1.10 bits per heavy atom. The summed E-state index contributed by atoms with van der Waals surface area (Å²) in [5.41, 5.74) is 5.55. The lowest BCUT2D eigenvalue weighted by Crippen LogP contribution is -2.41. The Morgan fingerprint density at radius 2 is 1.60 bits per heavy atom. The molecule has 2 N–H and O–H groups in total. The SMILES string of the molecule is CC(F)(F)c1ccc(N)c(B2OC(C)(C)C(C)(C)O2)c1. The van der Waals surface area contributed by atoms with Gasteiger partial charge in [0, 0.05) is 23.6 Å². The van der Waals surface area contributed by atoms with Crippen LogP contribution in [0, 0.1) is 0 Å². The first-order valence-corrected chi connectivity index (χ1v) is 6.57. The van der Waals surface area contributed by atoms with E-state index in [2.05, 4.69) is 0 Å². The van der Waals surface area contributed by atoms with Gasteiger partial charge in [-0.2, -0.15) is 0 Å². The minimum atomic E-state index is -2.92. The number of anilines is 1. The molecule has 1 aliphatic heterocycles. The number of halogens is 2. The maximum absolute atomic E-state index is 13.4. The molecule has 1 aromatic carbocycles. The van der Waals surface area contributed by atoms with E-state index in [0.717, 1.165) is 6.92 Å². The summed E-state index contributed by atoms with van der Waals surface area (Å²) in [6.45, 7) is 8.47. The molecule has 20 heavy (non-hydrogen) atoms. The standard InChI is InChI=1S/C14H20BF2NO2/c1-12(2)13(3,4)20-15(19-12)10-8-9(14(5,16)17)6-7-11(10)18/h6-8H,18H2,1-5H3. The Bertz CT molecular complexity index is 510. The van der Waals surface area contributed by atoms with Crippen molar-refractivity contribution in [1.29, 1.82) is 0 Å². The normalized spacial score (nSPS) is 21.2. The average Bonchev–Trinajstić information content (AvgIpc) is 2.46. The number of alkyl halides is 2. The van der Waals surface area contributed by atoms with Gasteiger partial charge < -0.3 is 15.0 Å². The van der Waals surface area contributed by atoms with Crippen LogP contribution in [0.4, 0.5) is 14.5 Å². The monoisotopic (exact) mass is 283 g/mol. The maximum Gasteiger partial charge on any atom is 0.496 e. The van der Waals surface area contributed by atoms with Gasteiger partial charge in [0.25, 0.3) is 5.92 Å². The van der Waals surface area contributed by atoms with Crippen molar-refractivity contribution in [3.8, 4) is 0 Å². The Hall–Kier alpha value is -1.14. The van der Waals surface area contributed by atoms with Gasteiger partial charge in [0.1, 0.15) is 0 Å². The third-order valence-corrected chi connectivity index (χ3v) is 4.10. The summed E-state index contributed by atoms with van der Waals surface area (Å²) >= 11 is 0. The van der Waals surface area contributed by atoms with E-state index in [1.807, 2.05) is 27.7 Å². The topological polar surface area (TPSA) is 44.5 Å². The number of benzene rings is 1. The highest BCUT2D eigenvalue weighted by Crippen LogP contribution is 2.37. The Balaban J connectivity index is 2.40. The number of hydrogen-bond donors (Lipinski definition) is 1. The van der Waals surface area contributed by atoms with Gasteiger partial charge >= 0.3 is 7.12 Å². The smallest absolute Gasteiger partial charge is 0.399 e. The molecule has 2 rings (SSSR count). The first-order valence-electron chi connectivity index (χ1n) is 6.57. The van der Waals surface area contributed by atoms with Crippen LogP contribution in [-0.2, 0) is 15.2 Å². The van der Waals surface area contributed by atoms with E-state index in [9.17, 15) is 8.78 Å². The predicted octanol–water partition coefficient (Wildman–Crippen LogP) is 2.68. The second kappa shape index (κ2) is 4.43. The molecule has 1 aliphatic rings. The fourth-order valence-corrected chi connectivity index (χ4v) is 2.02. The maximum atomic E-state index is 13.4. The van der Waals surface area contributed by atoms with Crippen molar-refractivity contribution in [2.24, 2.45) is 0 Å². The van der Waals surface area contributed by atoms with Crippen LogP contribution in [0.1, 0.15) is 40.2 Å². The van der Waals surface area contributed by atoms with Crippen molar-refractivity contribution in [3.05, 3.63) is 23.8 Å². The average molecular weight is 283 g/mol.